The van der Waals surface area contributed by atoms with E-state index in [0.717, 1.165) is 6.54 Å². The minimum absolute atomic E-state index is 0. The maximum absolute atomic E-state index is 12.4. The van der Waals surface area contributed by atoms with Crippen molar-refractivity contribution in [3.63, 3.8) is 0 Å². The van der Waals surface area contributed by atoms with Gasteiger partial charge in [-0.15, -0.1) is 23.7 Å². The Bertz CT molecular complexity index is 437. The Morgan fingerprint density at radius 2 is 2.05 bits per heavy atom. The molecule has 1 rings (SSSR count). The number of hydrogen-bond acceptors (Lipinski definition) is 4. The Morgan fingerprint density at radius 1 is 1.38 bits per heavy atom. The third-order valence-electron chi connectivity index (χ3n) is 3.04. The van der Waals surface area contributed by atoms with E-state index in [1.54, 1.807) is 18.0 Å². The SMILES string of the molecule is CNCCN(C)C(=O)C(NC(=O)c1cccs1)C(C)C.Cl. The molecule has 0 bridgehead atoms. The average molecular weight is 334 g/mol. The van der Waals surface area contributed by atoms with Crippen LogP contribution in [-0.2, 0) is 4.79 Å². The van der Waals surface area contributed by atoms with Crippen molar-refractivity contribution in [1.29, 1.82) is 0 Å². The Labute approximate surface area is 136 Å². The molecule has 0 saturated heterocycles. The minimum atomic E-state index is -0.494. The third kappa shape index (κ3) is 6.03. The fourth-order valence-electron chi connectivity index (χ4n) is 1.76. The number of likely N-dealkylation sites (N-methyl/N-ethyl adjacent to an activating group) is 2. The fraction of sp³-hybridized carbons (Fsp3) is 0.571. The lowest BCUT2D eigenvalue weighted by molar-refractivity contribution is -0.132. The van der Waals surface area contributed by atoms with Crippen LogP contribution in [0.5, 0.6) is 0 Å². The molecule has 2 N–H and O–H groups in total. The molecule has 120 valence electrons. The Kier molecular flexibility index (Phi) is 9.24. The first-order chi connectivity index (χ1) is 9.47. The summed E-state index contributed by atoms with van der Waals surface area (Å²) in [5, 5.41) is 7.69. The van der Waals surface area contributed by atoms with Crippen LogP contribution in [0.25, 0.3) is 0 Å². The smallest absolute Gasteiger partial charge is 0.262 e. The highest BCUT2D eigenvalue weighted by Crippen LogP contribution is 2.11. The van der Waals surface area contributed by atoms with E-state index in [1.807, 2.05) is 32.3 Å². The number of thiophene rings is 1. The van der Waals surface area contributed by atoms with Crippen LogP contribution < -0.4 is 10.6 Å². The lowest BCUT2D eigenvalue weighted by Gasteiger charge is -2.27. The number of carbonyl (C=O) groups excluding carboxylic acids is 2. The van der Waals surface area contributed by atoms with Crippen LogP contribution in [0, 0.1) is 5.92 Å². The molecular weight excluding hydrogens is 310 g/mol. The highest BCUT2D eigenvalue weighted by Gasteiger charge is 2.27. The summed E-state index contributed by atoms with van der Waals surface area (Å²) in [6.45, 7) is 5.21. The molecule has 7 heteroatoms. The fourth-order valence-corrected chi connectivity index (χ4v) is 2.39. The van der Waals surface area contributed by atoms with E-state index in [1.165, 1.54) is 11.3 Å². The summed E-state index contributed by atoms with van der Waals surface area (Å²) in [4.78, 5) is 26.7. The van der Waals surface area contributed by atoms with Gasteiger partial charge in [0.05, 0.1) is 4.88 Å². The first kappa shape index (κ1) is 19.9. The van der Waals surface area contributed by atoms with Gasteiger partial charge in [-0.2, -0.15) is 0 Å². The Balaban J connectivity index is 0.00000400. The lowest BCUT2D eigenvalue weighted by atomic mass is 10.0. The van der Waals surface area contributed by atoms with Crippen molar-refractivity contribution >= 4 is 35.6 Å². The molecule has 21 heavy (non-hydrogen) atoms. The largest absolute Gasteiger partial charge is 0.343 e. The van der Waals surface area contributed by atoms with Crippen LogP contribution in [0.1, 0.15) is 23.5 Å². The van der Waals surface area contributed by atoms with Crippen LogP contribution in [0.15, 0.2) is 17.5 Å². The summed E-state index contributed by atoms with van der Waals surface area (Å²) in [6, 6.07) is 3.09. The summed E-state index contributed by atoms with van der Waals surface area (Å²) >= 11 is 1.37. The quantitative estimate of drug-likeness (QED) is 0.796. The second-order valence-electron chi connectivity index (χ2n) is 5.04. The molecule has 1 unspecified atom stereocenters. The van der Waals surface area contributed by atoms with Gasteiger partial charge in [0.25, 0.3) is 5.91 Å². The Hall–Kier alpha value is -1.11. The maximum atomic E-state index is 12.4. The van der Waals surface area contributed by atoms with E-state index in [4.69, 9.17) is 0 Å². The summed E-state index contributed by atoms with van der Waals surface area (Å²) in [5.74, 6) is -0.197. The maximum Gasteiger partial charge on any atom is 0.262 e. The van der Waals surface area contributed by atoms with Gasteiger partial charge in [0.15, 0.2) is 0 Å². The molecule has 0 aliphatic heterocycles. The van der Waals surface area contributed by atoms with Gasteiger partial charge >= 0.3 is 0 Å². The van der Waals surface area contributed by atoms with Crippen molar-refractivity contribution in [3.8, 4) is 0 Å². The molecule has 0 fully saturated rings. The molecule has 0 aliphatic rings. The van der Waals surface area contributed by atoms with Crippen molar-refractivity contribution in [3.05, 3.63) is 22.4 Å². The zero-order valence-corrected chi connectivity index (χ0v) is 14.5. The minimum Gasteiger partial charge on any atom is -0.343 e. The number of rotatable bonds is 7. The molecule has 0 saturated carbocycles. The molecule has 5 nitrogen and oxygen atoms in total. The van der Waals surface area contributed by atoms with Gasteiger partial charge in [-0.05, 0) is 24.4 Å². The standard InChI is InChI=1S/C14H23N3O2S.ClH/c1-10(2)12(14(19)17(4)8-7-15-3)16-13(18)11-6-5-9-20-11;/h5-6,9-10,12,15H,7-8H2,1-4H3,(H,16,18);1H. The van der Waals surface area contributed by atoms with E-state index >= 15 is 0 Å². The molecule has 0 aromatic carbocycles. The summed E-state index contributed by atoms with van der Waals surface area (Å²) < 4.78 is 0. The number of nitrogens with zero attached hydrogens (tertiary/aromatic N) is 1. The van der Waals surface area contributed by atoms with Crippen molar-refractivity contribution in [2.75, 3.05) is 27.2 Å². The monoisotopic (exact) mass is 333 g/mol. The molecule has 2 amide bonds. The first-order valence-electron chi connectivity index (χ1n) is 6.71. The van der Waals surface area contributed by atoms with Crippen molar-refractivity contribution in [1.82, 2.24) is 15.5 Å². The molecule has 0 radical (unpaired) electrons. The first-order valence-corrected chi connectivity index (χ1v) is 7.59. The second-order valence-corrected chi connectivity index (χ2v) is 5.98. The number of hydrogen-bond donors (Lipinski definition) is 2. The number of amides is 2. The molecule has 1 atom stereocenters. The van der Waals surface area contributed by atoms with Crippen LogP contribution in [0.2, 0.25) is 0 Å². The highest BCUT2D eigenvalue weighted by molar-refractivity contribution is 7.12. The van der Waals surface area contributed by atoms with Crippen molar-refractivity contribution in [2.45, 2.75) is 19.9 Å². The molecule has 1 aromatic rings. The van der Waals surface area contributed by atoms with E-state index < -0.39 is 6.04 Å². The van der Waals surface area contributed by atoms with E-state index in [-0.39, 0.29) is 30.1 Å². The van der Waals surface area contributed by atoms with Crippen LogP contribution >= 0.6 is 23.7 Å². The van der Waals surface area contributed by atoms with Crippen molar-refractivity contribution < 1.29 is 9.59 Å². The van der Waals surface area contributed by atoms with E-state index in [9.17, 15) is 9.59 Å². The summed E-state index contributed by atoms with van der Waals surface area (Å²) in [7, 11) is 3.60. The number of halogens is 1. The highest BCUT2D eigenvalue weighted by atomic mass is 35.5. The van der Waals surface area contributed by atoms with Crippen LogP contribution in [0.4, 0.5) is 0 Å². The number of carbonyl (C=O) groups is 2. The summed E-state index contributed by atoms with van der Waals surface area (Å²) in [5.41, 5.74) is 0. The van der Waals surface area contributed by atoms with Gasteiger partial charge in [0.2, 0.25) is 5.91 Å². The average Bonchev–Trinajstić information content (AvgIpc) is 2.94. The third-order valence-corrected chi connectivity index (χ3v) is 3.91. The van der Waals surface area contributed by atoms with Crippen LogP contribution in [-0.4, -0.2) is 49.9 Å². The number of nitrogens with one attached hydrogen (secondary N) is 2. The van der Waals surface area contributed by atoms with Gasteiger partial charge in [0, 0.05) is 20.1 Å². The predicted molar refractivity (Wildman–Crippen MR) is 89.2 cm³/mol. The topological polar surface area (TPSA) is 61.4 Å². The summed E-state index contributed by atoms with van der Waals surface area (Å²) in [6.07, 6.45) is 0. The molecule has 0 aliphatic carbocycles. The van der Waals surface area contributed by atoms with Gasteiger partial charge in [0.1, 0.15) is 6.04 Å². The predicted octanol–water partition coefficient (Wildman–Crippen LogP) is 1.60. The zero-order chi connectivity index (χ0) is 15.1. The van der Waals surface area contributed by atoms with E-state index in [2.05, 4.69) is 10.6 Å². The van der Waals surface area contributed by atoms with Gasteiger partial charge in [-0.1, -0.05) is 19.9 Å². The van der Waals surface area contributed by atoms with E-state index in [0.29, 0.717) is 11.4 Å². The molecule has 0 spiro atoms. The van der Waals surface area contributed by atoms with Crippen LogP contribution in [0.3, 0.4) is 0 Å². The zero-order valence-electron chi connectivity index (χ0n) is 12.9. The van der Waals surface area contributed by atoms with Gasteiger partial charge < -0.3 is 15.5 Å². The second kappa shape index (κ2) is 9.76. The Morgan fingerprint density at radius 3 is 2.52 bits per heavy atom. The normalized spacial score (nSPS) is 11.7. The molecule has 1 aromatic heterocycles. The molecular formula is C14H24ClN3O2S. The van der Waals surface area contributed by atoms with Gasteiger partial charge in [-0.3, -0.25) is 9.59 Å². The van der Waals surface area contributed by atoms with Gasteiger partial charge in [-0.25, -0.2) is 0 Å². The van der Waals surface area contributed by atoms with Crippen molar-refractivity contribution in [2.24, 2.45) is 5.92 Å². The molecule has 1 heterocycles. The lowest BCUT2D eigenvalue weighted by Crippen LogP contribution is -2.51.